The van der Waals surface area contributed by atoms with Crippen LogP contribution in [0.1, 0.15) is 56.3 Å². The molecule has 1 N–H and O–H groups in total. The fourth-order valence-corrected chi connectivity index (χ4v) is 9.05. The van der Waals surface area contributed by atoms with Gasteiger partial charge in [0.2, 0.25) is 5.91 Å². The van der Waals surface area contributed by atoms with Crippen LogP contribution in [0.25, 0.3) is 0 Å². The summed E-state index contributed by atoms with van der Waals surface area (Å²) in [4.78, 5) is 20.5. The fraction of sp³-hybridized carbons (Fsp3) is 0.536. The van der Waals surface area contributed by atoms with Crippen molar-refractivity contribution in [1.82, 2.24) is 9.80 Å². The summed E-state index contributed by atoms with van der Waals surface area (Å²) in [6, 6.07) is 15.9. The molecule has 176 valence electrons. The maximum Gasteiger partial charge on any atom is 0.220 e. The number of piperidine rings is 1. The highest BCUT2D eigenvalue weighted by Crippen LogP contribution is 2.72. The normalized spacial score (nSPS) is 41.4. The third-order valence-electron chi connectivity index (χ3n) is 10.2. The first-order valence-electron chi connectivity index (χ1n) is 12.8. The maximum absolute atomic E-state index is 13.2. The fourth-order valence-electron chi connectivity index (χ4n) is 9.05. The summed E-state index contributed by atoms with van der Waals surface area (Å²) in [5.41, 5.74) is 6.48. The zero-order valence-corrected chi connectivity index (χ0v) is 20.3. The van der Waals surface area contributed by atoms with Crippen molar-refractivity contribution in [2.75, 3.05) is 30.4 Å². The third-order valence-corrected chi connectivity index (χ3v) is 10.2. The second kappa shape index (κ2) is 5.80. The number of carbonyl (C=O) groups is 1. The summed E-state index contributed by atoms with van der Waals surface area (Å²) in [6.07, 6.45) is 2.40. The van der Waals surface area contributed by atoms with E-state index in [0.29, 0.717) is 0 Å². The van der Waals surface area contributed by atoms with Crippen LogP contribution in [0.2, 0.25) is 0 Å². The Balaban J connectivity index is 1.51. The van der Waals surface area contributed by atoms with E-state index < -0.39 is 0 Å². The van der Waals surface area contributed by atoms with Crippen molar-refractivity contribution >= 4 is 17.3 Å². The summed E-state index contributed by atoms with van der Waals surface area (Å²) in [5.74, 6) is 0.184. The number of benzene rings is 2. The van der Waals surface area contributed by atoms with E-state index in [4.69, 9.17) is 4.74 Å². The molecule has 1 unspecified atom stereocenters. The number of ether oxygens (including phenoxy) is 1. The quantitative estimate of drug-likeness (QED) is 0.665. The first kappa shape index (κ1) is 19.7. The molecular formula is C28H32N4O2. The van der Waals surface area contributed by atoms with E-state index in [1.54, 1.807) is 6.92 Å². The van der Waals surface area contributed by atoms with E-state index in [1.165, 1.54) is 28.1 Å². The highest BCUT2D eigenvalue weighted by atomic mass is 16.6. The zero-order chi connectivity index (χ0) is 23.2. The summed E-state index contributed by atoms with van der Waals surface area (Å²) in [5, 5.41) is 3.99. The molecule has 2 spiro atoms. The summed E-state index contributed by atoms with van der Waals surface area (Å²) >= 11 is 0. The molecule has 7 atom stereocenters. The second-order valence-corrected chi connectivity index (χ2v) is 11.8. The number of rotatable bonds is 1. The first-order valence-corrected chi connectivity index (χ1v) is 12.8. The Morgan fingerprint density at radius 1 is 1.06 bits per heavy atom. The second-order valence-electron chi connectivity index (χ2n) is 11.8. The van der Waals surface area contributed by atoms with Crippen LogP contribution in [-0.2, 0) is 20.4 Å². The van der Waals surface area contributed by atoms with Gasteiger partial charge in [0.05, 0.1) is 23.2 Å². The Morgan fingerprint density at radius 3 is 2.59 bits per heavy atom. The SMILES string of the molecule is CC(=O)N1CC[C@@]23c4ccccc4N[C@@H]4N(C)c5cccc6c5[C@@]42CCN([C@@H]13)[C@@H]6[C@H]1OC1(C)C. The van der Waals surface area contributed by atoms with Crippen molar-refractivity contribution < 1.29 is 9.53 Å². The Kier molecular flexibility index (Phi) is 3.36. The number of amides is 1. The van der Waals surface area contributed by atoms with Gasteiger partial charge in [-0.2, -0.15) is 0 Å². The number of nitrogens with one attached hydrogen (secondary N) is 1. The largest absolute Gasteiger partial charge is 0.365 e. The lowest BCUT2D eigenvalue weighted by molar-refractivity contribution is -0.140. The number of nitrogens with zero attached hydrogens (tertiary/aromatic N) is 3. The molecule has 6 nitrogen and oxygen atoms in total. The lowest BCUT2D eigenvalue weighted by Gasteiger charge is -2.62. The average molecular weight is 457 g/mol. The summed E-state index contributed by atoms with van der Waals surface area (Å²) < 4.78 is 6.38. The molecule has 0 aromatic heterocycles. The molecule has 2 aromatic rings. The molecule has 2 bridgehead atoms. The molecule has 8 rings (SSSR count). The van der Waals surface area contributed by atoms with Gasteiger partial charge in [-0.15, -0.1) is 0 Å². The molecule has 0 aliphatic carbocycles. The van der Waals surface area contributed by atoms with Crippen LogP contribution in [0, 0.1) is 0 Å². The standard InChI is InChI=1S/C28H32N4O2/c1-16(33)31-14-12-27-18-9-5-6-10-19(18)29-24-28(27)13-15-32(25(27)31)22(23-26(2,3)34-23)17-8-7-11-20(21(17)28)30(24)4/h5-11,22-25,29H,12-15H2,1-4H3/t22-,23+,24+,25+,27-,28-/m0/s1. The average Bonchev–Trinajstić information content (AvgIpc) is 3.21. The number of fused-ring (bicyclic) bond motifs is 1. The molecule has 3 saturated heterocycles. The van der Waals surface area contributed by atoms with Gasteiger partial charge < -0.3 is 19.9 Å². The Hall–Kier alpha value is -2.57. The van der Waals surface area contributed by atoms with Gasteiger partial charge >= 0.3 is 0 Å². The van der Waals surface area contributed by atoms with Crippen LogP contribution in [0.5, 0.6) is 0 Å². The summed E-state index contributed by atoms with van der Waals surface area (Å²) in [7, 11) is 2.25. The highest BCUT2D eigenvalue weighted by molar-refractivity contribution is 5.80. The topological polar surface area (TPSA) is 51.4 Å². The van der Waals surface area contributed by atoms with Gasteiger partial charge in [0.1, 0.15) is 12.3 Å². The van der Waals surface area contributed by atoms with Gasteiger partial charge in [0, 0.05) is 43.9 Å². The Bertz CT molecular complexity index is 1270. The van der Waals surface area contributed by atoms with Crippen molar-refractivity contribution in [3.63, 3.8) is 0 Å². The van der Waals surface area contributed by atoms with Gasteiger partial charge in [-0.25, -0.2) is 0 Å². The van der Waals surface area contributed by atoms with Crippen LogP contribution in [-0.4, -0.2) is 59.9 Å². The number of likely N-dealkylation sites (N-methyl/N-ethyl adjacent to an activating group) is 1. The van der Waals surface area contributed by atoms with Gasteiger partial charge in [-0.3, -0.25) is 9.69 Å². The predicted molar refractivity (Wildman–Crippen MR) is 131 cm³/mol. The molecule has 2 aromatic carbocycles. The minimum Gasteiger partial charge on any atom is -0.365 e. The number of para-hydroxylation sites is 1. The van der Waals surface area contributed by atoms with Crippen molar-refractivity contribution in [3.8, 4) is 0 Å². The molecule has 34 heavy (non-hydrogen) atoms. The maximum atomic E-state index is 13.2. The Labute approximate surface area is 200 Å². The van der Waals surface area contributed by atoms with Crippen LogP contribution < -0.4 is 10.2 Å². The van der Waals surface area contributed by atoms with Crippen molar-refractivity contribution in [2.45, 2.75) is 74.5 Å². The predicted octanol–water partition coefficient (Wildman–Crippen LogP) is 3.58. The van der Waals surface area contributed by atoms with E-state index in [2.05, 4.69) is 83.4 Å². The number of hydrogen-bond acceptors (Lipinski definition) is 5. The number of carbonyl (C=O) groups excluding carboxylic acids is 1. The summed E-state index contributed by atoms with van der Waals surface area (Å²) in [6.45, 7) is 7.96. The molecule has 0 radical (unpaired) electrons. The molecular weight excluding hydrogens is 424 g/mol. The highest BCUT2D eigenvalue weighted by Gasteiger charge is 2.77. The van der Waals surface area contributed by atoms with Crippen LogP contribution in [0.15, 0.2) is 42.5 Å². The van der Waals surface area contributed by atoms with E-state index in [9.17, 15) is 4.79 Å². The number of likely N-dealkylation sites (tertiary alicyclic amines) is 1. The molecule has 3 fully saturated rings. The van der Waals surface area contributed by atoms with Gasteiger partial charge in [-0.1, -0.05) is 30.3 Å². The van der Waals surface area contributed by atoms with Crippen molar-refractivity contribution in [2.24, 2.45) is 0 Å². The van der Waals surface area contributed by atoms with Crippen LogP contribution >= 0.6 is 0 Å². The molecule has 6 aliphatic rings. The van der Waals surface area contributed by atoms with Crippen molar-refractivity contribution in [1.29, 1.82) is 0 Å². The monoisotopic (exact) mass is 456 g/mol. The smallest absolute Gasteiger partial charge is 0.220 e. The number of anilines is 2. The van der Waals surface area contributed by atoms with E-state index >= 15 is 0 Å². The number of epoxide rings is 1. The zero-order valence-electron chi connectivity index (χ0n) is 20.3. The Morgan fingerprint density at radius 2 is 1.82 bits per heavy atom. The third kappa shape index (κ3) is 1.88. The van der Waals surface area contributed by atoms with E-state index in [1.807, 2.05) is 0 Å². The first-order chi connectivity index (χ1) is 16.3. The minimum absolute atomic E-state index is 0.0289. The molecule has 0 saturated carbocycles. The van der Waals surface area contributed by atoms with Crippen molar-refractivity contribution in [3.05, 3.63) is 59.2 Å². The van der Waals surface area contributed by atoms with Crippen LogP contribution in [0.3, 0.4) is 0 Å². The molecule has 6 heterocycles. The van der Waals surface area contributed by atoms with E-state index in [0.717, 1.165) is 25.9 Å². The lowest BCUT2D eigenvalue weighted by Crippen LogP contribution is -2.73. The van der Waals surface area contributed by atoms with E-state index in [-0.39, 0.29) is 46.8 Å². The van der Waals surface area contributed by atoms with Crippen LogP contribution in [0.4, 0.5) is 11.4 Å². The van der Waals surface area contributed by atoms with Gasteiger partial charge in [-0.05, 0) is 55.5 Å². The minimum atomic E-state index is -0.160. The molecule has 6 aliphatic heterocycles. The number of hydrogen-bond donors (Lipinski definition) is 1. The lowest BCUT2D eigenvalue weighted by atomic mass is 9.50. The molecule has 6 heteroatoms. The van der Waals surface area contributed by atoms with Gasteiger partial charge in [0.15, 0.2) is 0 Å². The van der Waals surface area contributed by atoms with Gasteiger partial charge in [0.25, 0.3) is 0 Å². The molecule has 1 amide bonds.